The van der Waals surface area contributed by atoms with Crippen LogP contribution in [0, 0.1) is 0 Å². The maximum atomic E-state index is 5.27. The van der Waals surface area contributed by atoms with Crippen molar-refractivity contribution in [2.24, 2.45) is 0 Å². The highest BCUT2D eigenvalue weighted by atomic mass is 15.0. The summed E-state index contributed by atoms with van der Waals surface area (Å²) in [6.45, 7) is 4.67. The van der Waals surface area contributed by atoms with Crippen LogP contribution in [0.3, 0.4) is 0 Å². The van der Waals surface area contributed by atoms with Crippen molar-refractivity contribution in [3.05, 3.63) is 187 Å². The summed E-state index contributed by atoms with van der Waals surface area (Å²) in [7, 11) is 0. The van der Waals surface area contributed by atoms with Gasteiger partial charge in [0.1, 0.15) is 0 Å². The maximum absolute atomic E-state index is 5.27. The van der Waals surface area contributed by atoms with Crippen LogP contribution in [0.4, 0.5) is 0 Å². The molecule has 1 aliphatic rings. The van der Waals surface area contributed by atoms with Crippen LogP contribution in [-0.4, -0.2) is 15.0 Å². The summed E-state index contributed by atoms with van der Waals surface area (Å²) in [6.07, 6.45) is 0. The van der Waals surface area contributed by atoms with E-state index < -0.39 is 0 Å². The lowest BCUT2D eigenvalue weighted by Gasteiger charge is -2.22. The monoisotopic (exact) mass is 677 g/mol. The zero-order chi connectivity index (χ0) is 35.5. The molecule has 0 radical (unpaired) electrons. The first kappa shape index (κ1) is 31.1. The highest BCUT2D eigenvalue weighted by Gasteiger charge is 2.35. The second kappa shape index (κ2) is 12.2. The van der Waals surface area contributed by atoms with E-state index in [4.69, 9.17) is 15.0 Å². The molecule has 53 heavy (non-hydrogen) atoms. The van der Waals surface area contributed by atoms with E-state index in [0.717, 1.165) is 32.8 Å². The van der Waals surface area contributed by atoms with Gasteiger partial charge in [-0.3, -0.25) is 0 Å². The fourth-order valence-corrected chi connectivity index (χ4v) is 8.31. The van der Waals surface area contributed by atoms with Gasteiger partial charge < -0.3 is 0 Å². The average molecular weight is 678 g/mol. The van der Waals surface area contributed by atoms with E-state index in [-0.39, 0.29) is 5.41 Å². The summed E-state index contributed by atoms with van der Waals surface area (Å²) in [5, 5.41) is 4.54. The van der Waals surface area contributed by atoms with E-state index in [9.17, 15) is 0 Å². The Morgan fingerprint density at radius 1 is 0.302 bits per heavy atom. The summed E-state index contributed by atoms with van der Waals surface area (Å²) in [4.78, 5) is 15.6. The smallest absolute Gasteiger partial charge is 0.164 e. The summed E-state index contributed by atoms with van der Waals surface area (Å²) in [6, 6.07) is 62.5. The maximum Gasteiger partial charge on any atom is 0.164 e. The number of hydrogen-bond donors (Lipinski definition) is 0. The van der Waals surface area contributed by atoms with Crippen molar-refractivity contribution in [1.29, 1.82) is 0 Å². The van der Waals surface area contributed by atoms with Gasteiger partial charge in [-0.2, -0.15) is 0 Å². The van der Waals surface area contributed by atoms with Gasteiger partial charge in [-0.05, 0) is 84.3 Å². The Bertz CT molecular complexity index is 2860. The quantitative estimate of drug-likeness (QED) is 0.182. The van der Waals surface area contributed by atoms with Gasteiger partial charge in [0.15, 0.2) is 17.5 Å². The van der Waals surface area contributed by atoms with Crippen LogP contribution in [0.2, 0.25) is 0 Å². The molecule has 9 aromatic rings. The fourth-order valence-electron chi connectivity index (χ4n) is 8.31. The van der Waals surface area contributed by atoms with Crippen molar-refractivity contribution >= 4 is 21.5 Å². The van der Waals surface area contributed by atoms with Gasteiger partial charge in [-0.15, -0.1) is 0 Å². The number of fused-ring (bicyclic) bond motifs is 5. The van der Waals surface area contributed by atoms with E-state index in [1.54, 1.807) is 0 Å². The standard InChI is InChI=1S/C50H35N3/c1-50(2)45-24-14-13-23-41(45)42-26-25-34(31-46(42)50)36-28-30-44(40-22-12-10-20-38(36)40)49-52-47(33-17-7-4-8-18-33)51-48(53-49)43-29-27-35(32-15-5-3-6-16-32)37-19-9-11-21-39(37)43/h3-31H,1-2H3. The molecule has 0 spiro atoms. The Kier molecular flexibility index (Phi) is 7.16. The number of benzene rings is 8. The predicted octanol–water partition coefficient (Wildman–Crippen LogP) is 12.8. The minimum atomic E-state index is -0.0731. The zero-order valence-electron chi connectivity index (χ0n) is 29.6. The highest BCUT2D eigenvalue weighted by Crippen LogP contribution is 2.50. The molecule has 8 aromatic carbocycles. The Labute approximate surface area is 309 Å². The molecular weight excluding hydrogens is 643 g/mol. The molecule has 0 atom stereocenters. The second-order valence-electron chi connectivity index (χ2n) is 14.4. The van der Waals surface area contributed by atoms with Crippen LogP contribution in [0.1, 0.15) is 25.0 Å². The van der Waals surface area contributed by atoms with Gasteiger partial charge >= 0.3 is 0 Å². The van der Waals surface area contributed by atoms with Crippen LogP contribution < -0.4 is 0 Å². The third-order valence-electron chi connectivity index (χ3n) is 11.0. The zero-order valence-corrected chi connectivity index (χ0v) is 29.6. The van der Waals surface area contributed by atoms with Crippen molar-refractivity contribution in [3.63, 3.8) is 0 Å². The van der Waals surface area contributed by atoms with E-state index in [1.165, 1.54) is 49.9 Å². The van der Waals surface area contributed by atoms with Gasteiger partial charge in [-0.25, -0.2) is 15.0 Å². The summed E-state index contributed by atoms with van der Waals surface area (Å²) in [5.74, 6) is 1.95. The van der Waals surface area contributed by atoms with E-state index >= 15 is 0 Å². The van der Waals surface area contributed by atoms with Crippen molar-refractivity contribution in [2.75, 3.05) is 0 Å². The van der Waals surface area contributed by atoms with Crippen LogP contribution >= 0.6 is 0 Å². The first-order valence-electron chi connectivity index (χ1n) is 18.2. The number of nitrogens with zero attached hydrogens (tertiary/aromatic N) is 3. The summed E-state index contributed by atoms with van der Waals surface area (Å²) in [5.41, 5.74) is 13.0. The molecule has 3 nitrogen and oxygen atoms in total. The normalized spacial score (nSPS) is 12.9. The molecule has 1 aromatic heterocycles. The lowest BCUT2D eigenvalue weighted by Crippen LogP contribution is -2.14. The minimum Gasteiger partial charge on any atom is -0.208 e. The molecule has 0 aliphatic heterocycles. The first-order valence-corrected chi connectivity index (χ1v) is 18.2. The van der Waals surface area contributed by atoms with Crippen LogP contribution in [0.5, 0.6) is 0 Å². The molecule has 0 saturated carbocycles. The SMILES string of the molecule is CC1(C)c2ccccc2-c2ccc(-c3ccc(-c4nc(-c5ccccc5)nc(-c5ccc(-c6ccccc6)c6ccccc56)n4)c4ccccc34)cc21. The first-order chi connectivity index (χ1) is 26.0. The van der Waals surface area contributed by atoms with Crippen molar-refractivity contribution in [1.82, 2.24) is 15.0 Å². The lowest BCUT2D eigenvalue weighted by atomic mass is 9.81. The van der Waals surface area contributed by atoms with Crippen molar-refractivity contribution < 1.29 is 0 Å². The summed E-state index contributed by atoms with van der Waals surface area (Å²) >= 11 is 0. The Morgan fingerprint density at radius 3 is 1.32 bits per heavy atom. The molecule has 3 heteroatoms. The number of aromatic nitrogens is 3. The lowest BCUT2D eigenvalue weighted by molar-refractivity contribution is 0.660. The van der Waals surface area contributed by atoms with Crippen molar-refractivity contribution in [3.8, 4) is 67.5 Å². The highest BCUT2D eigenvalue weighted by molar-refractivity contribution is 6.06. The minimum absolute atomic E-state index is 0.0731. The molecule has 250 valence electrons. The Balaban J connectivity index is 1.15. The second-order valence-corrected chi connectivity index (χ2v) is 14.4. The molecular formula is C50H35N3. The van der Waals surface area contributed by atoms with Gasteiger partial charge in [0, 0.05) is 22.1 Å². The van der Waals surface area contributed by atoms with Crippen molar-refractivity contribution in [2.45, 2.75) is 19.3 Å². The predicted molar refractivity (Wildman–Crippen MR) is 220 cm³/mol. The van der Waals surface area contributed by atoms with E-state index in [0.29, 0.717) is 17.5 Å². The van der Waals surface area contributed by atoms with Gasteiger partial charge in [0.05, 0.1) is 0 Å². The molecule has 1 heterocycles. The van der Waals surface area contributed by atoms with Gasteiger partial charge in [0.25, 0.3) is 0 Å². The largest absolute Gasteiger partial charge is 0.208 e. The van der Waals surface area contributed by atoms with E-state index in [1.807, 2.05) is 18.2 Å². The number of rotatable bonds is 5. The average Bonchev–Trinajstić information content (AvgIpc) is 3.45. The Hall–Kier alpha value is -6.71. The number of hydrogen-bond acceptors (Lipinski definition) is 3. The molecule has 1 aliphatic carbocycles. The molecule has 0 N–H and O–H groups in total. The van der Waals surface area contributed by atoms with Crippen LogP contribution in [0.25, 0.3) is 89.1 Å². The van der Waals surface area contributed by atoms with Crippen LogP contribution in [-0.2, 0) is 5.41 Å². The van der Waals surface area contributed by atoms with Gasteiger partial charge in [0.2, 0.25) is 0 Å². The third kappa shape index (κ3) is 5.08. The fraction of sp³-hybridized carbons (Fsp3) is 0.0600. The molecule has 10 rings (SSSR count). The van der Waals surface area contributed by atoms with Crippen LogP contribution in [0.15, 0.2) is 176 Å². The molecule has 0 saturated heterocycles. The molecule has 0 bridgehead atoms. The third-order valence-corrected chi connectivity index (χ3v) is 11.0. The van der Waals surface area contributed by atoms with Gasteiger partial charge in [-0.1, -0.05) is 172 Å². The topological polar surface area (TPSA) is 38.7 Å². The molecule has 0 amide bonds. The van der Waals surface area contributed by atoms with E-state index in [2.05, 4.69) is 172 Å². The summed E-state index contributed by atoms with van der Waals surface area (Å²) < 4.78 is 0. The Morgan fingerprint density at radius 2 is 0.717 bits per heavy atom. The molecule has 0 fully saturated rings. The molecule has 0 unspecified atom stereocenters.